The number of benzene rings is 2. The molecule has 0 saturated heterocycles. The summed E-state index contributed by atoms with van der Waals surface area (Å²) in [6.07, 6.45) is 4.15. The lowest BCUT2D eigenvalue weighted by molar-refractivity contribution is 0.0953. The molecule has 6 nitrogen and oxygen atoms in total. The number of hydrogen-bond donors (Lipinski definition) is 2. The van der Waals surface area contributed by atoms with Crippen LogP contribution in [-0.4, -0.2) is 40.2 Å². The molecule has 2 aromatic rings. The minimum Gasteiger partial charge on any atom is -0.371 e. The van der Waals surface area contributed by atoms with E-state index < -0.39 is 10.0 Å². The molecule has 0 atom stereocenters. The number of para-hydroxylation sites is 1. The van der Waals surface area contributed by atoms with E-state index >= 15 is 0 Å². The Hall–Kier alpha value is -2.25. The highest BCUT2D eigenvalue weighted by atomic mass is 35.5. The van der Waals surface area contributed by atoms with Crippen molar-refractivity contribution in [3.05, 3.63) is 58.6 Å². The normalized spacial score (nSPS) is 13.7. The highest BCUT2D eigenvalue weighted by molar-refractivity contribution is 7.92. The summed E-state index contributed by atoms with van der Waals surface area (Å²) in [6.45, 7) is 2.45. The highest BCUT2D eigenvalue weighted by Crippen LogP contribution is 2.26. The summed E-state index contributed by atoms with van der Waals surface area (Å²) < 4.78 is 24.9. The third-order valence-corrected chi connectivity index (χ3v) is 5.53. The number of aryl methyl sites for hydroxylation is 1. The number of hydrogen-bond acceptors (Lipinski definition) is 4. The second kappa shape index (κ2) is 8.84. The van der Waals surface area contributed by atoms with Gasteiger partial charge in [0.2, 0.25) is 10.0 Å². The molecule has 0 bridgehead atoms. The number of carbonyl (C=O) groups excluding carboxylic acids is 1. The lowest BCUT2D eigenvalue weighted by Gasteiger charge is -2.31. The SMILES string of the molecule is CS(=O)(=O)Nc1ccc(C(=O)NCCCN2CCCc3ccccc32)c(Cl)c1. The predicted octanol–water partition coefficient (Wildman–Crippen LogP) is 3.28. The van der Waals surface area contributed by atoms with Crippen LogP contribution in [0.2, 0.25) is 5.02 Å². The van der Waals surface area contributed by atoms with Crippen LogP contribution in [0.3, 0.4) is 0 Å². The lowest BCUT2D eigenvalue weighted by atomic mass is 10.0. The summed E-state index contributed by atoms with van der Waals surface area (Å²) in [5, 5.41) is 3.09. The number of anilines is 2. The topological polar surface area (TPSA) is 78.5 Å². The Morgan fingerprint density at radius 1 is 1.21 bits per heavy atom. The number of amides is 1. The molecular weight excluding hydrogens is 398 g/mol. The van der Waals surface area contributed by atoms with E-state index in [9.17, 15) is 13.2 Å². The Labute approximate surface area is 170 Å². The number of nitrogens with zero attached hydrogens (tertiary/aromatic N) is 1. The van der Waals surface area contributed by atoms with Crippen molar-refractivity contribution in [2.45, 2.75) is 19.3 Å². The minimum absolute atomic E-state index is 0.205. The van der Waals surface area contributed by atoms with E-state index in [1.807, 2.05) is 0 Å². The number of carbonyl (C=O) groups is 1. The van der Waals surface area contributed by atoms with Gasteiger partial charge in [0.05, 0.1) is 16.8 Å². The maximum atomic E-state index is 12.4. The summed E-state index contributed by atoms with van der Waals surface area (Å²) in [5.74, 6) is -0.269. The Morgan fingerprint density at radius 2 is 2.00 bits per heavy atom. The zero-order valence-electron chi connectivity index (χ0n) is 15.7. The fourth-order valence-corrected chi connectivity index (χ4v) is 4.21. The smallest absolute Gasteiger partial charge is 0.252 e. The third kappa shape index (κ3) is 5.39. The molecule has 28 heavy (non-hydrogen) atoms. The molecule has 1 aliphatic heterocycles. The fourth-order valence-electron chi connectivity index (χ4n) is 3.39. The van der Waals surface area contributed by atoms with Gasteiger partial charge in [0, 0.05) is 31.0 Å². The molecule has 0 radical (unpaired) electrons. The van der Waals surface area contributed by atoms with Gasteiger partial charge in [0.1, 0.15) is 0 Å². The van der Waals surface area contributed by atoms with Gasteiger partial charge >= 0.3 is 0 Å². The van der Waals surface area contributed by atoms with E-state index in [1.54, 1.807) is 0 Å². The van der Waals surface area contributed by atoms with Gasteiger partial charge in [-0.1, -0.05) is 29.8 Å². The summed E-state index contributed by atoms with van der Waals surface area (Å²) in [5.41, 5.74) is 3.32. The van der Waals surface area contributed by atoms with Gasteiger partial charge in [-0.3, -0.25) is 9.52 Å². The van der Waals surface area contributed by atoms with E-state index in [1.165, 1.54) is 29.4 Å². The molecule has 2 N–H and O–H groups in total. The van der Waals surface area contributed by atoms with Crippen LogP contribution in [0.4, 0.5) is 11.4 Å². The summed E-state index contributed by atoms with van der Waals surface area (Å²) >= 11 is 6.14. The van der Waals surface area contributed by atoms with Crippen molar-refractivity contribution in [2.24, 2.45) is 0 Å². The first kappa shape index (κ1) is 20.5. The average Bonchev–Trinajstić information content (AvgIpc) is 2.64. The molecule has 0 spiro atoms. The molecule has 2 aromatic carbocycles. The maximum absolute atomic E-state index is 12.4. The van der Waals surface area contributed by atoms with E-state index in [0.29, 0.717) is 17.8 Å². The van der Waals surface area contributed by atoms with Crippen LogP contribution in [0, 0.1) is 0 Å². The first-order chi connectivity index (χ1) is 13.3. The van der Waals surface area contributed by atoms with Gasteiger partial charge in [0.25, 0.3) is 5.91 Å². The molecule has 1 amide bonds. The van der Waals surface area contributed by atoms with Crippen LogP contribution < -0.4 is 14.9 Å². The fraction of sp³-hybridized carbons (Fsp3) is 0.350. The van der Waals surface area contributed by atoms with Gasteiger partial charge in [-0.25, -0.2) is 8.42 Å². The molecule has 150 valence electrons. The Bertz CT molecular complexity index is 963. The monoisotopic (exact) mass is 421 g/mol. The Morgan fingerprint density at radius 3 is 2.75 bits per heavy atom. The molecule has 0 aliphatic carbocycles. The molecule has 0 saturated carbocycles. The zero-order chi connectivity index (χ0) is 20.1. The highest BCUT2D eigenvalue weighted by Gasteiger charge is 2.16. The van der Waals surface area contributed by atoms with Crippen LogP contribution in [-0.2, 0) is 16.4 Å². The number of nitrogens with one attached hydrogen (secondary N) is 2. The van der Waals surface area contributed by atoms with Crippen molar-refractivity contribution in [3.8, 4) is 0 Å². The molecule has 0 fully saturated rings. The largest absolute Gasteiger partial charge is 0.371 e. The van der Waals surface area contributed by atoms with E-state index in [0.717, 1.165) is 38.6 Å². The van der Waals surface area contributed by atoms with Crippen molar-refractivity contribution < 1.29 is 13.2 Å². The third-order valence-electron chi connectivity index (χ3n) is 4.61. The number of fused-ring (bicyclic) bond motifs is 1. The first-order valence-electron chi connectivity index (χ1n) is 9.22. The minimum atomic E-state index is -3.39. The molecule has 0 unspecified atom stereocenters. The summed E-state index contributed by atoms with van der Waals surface area (Å²) in [7, 11) is -3.39. The molecule has 1 aliphatic rings. The quantitative estimate of drug-likeness (QED) is 0.672. The van der Waals surface area contributed by atoms with E-state index in [2.05, 4.69) is 39.2 Å². The van der Waals surface area contributed by atoms with Gasteiger partial charge in [-0.05, 0) is 49.1 Å². The standard InChI is InChI=1S/C20H24ClN3O3S/c1-28(26,27)23-16-9-10-17(18(21)14-16)20(25)22-11-5-13-24-12-4-7-15-6-2-3-8-19(15)24/h2-3,6,8-10,14,23H,4-5,7,11-13H2,1H3,(H,22,25). The number of sulfonamides is 1. The van der Waals surface area contributed by atoms with Crippen molar-refractivity contribution in [3.63, 3.8) is 0 Å². The van der Waals surface area contributed by atoms with Gasteiger partial charge in [-0.15, -0.1) is 0 Å². The molecule has 3 rings (SSSR count). The van der Waals surface area contributed by atoms with Crippen molar-refractivity contribution >= 4 is 38.9 Å². The van der Waals surface area contributed by atoms with Crippen molar-refractivity contribution in [1.29, 1.82) is 0 Å². The lowest BCUT2D eigenvalue weighted by Crippen LogP contribution is -2.33. The van der Waals surface area contributed by atoms with Crippen molar-refractivity contribution in [1.82, 2.24) is 5.32 Å². The second-order valence-electron chi connectivity index (χ2n) is 6.90. The van der Waals surface area contributed by atoms with Gasteiger partial charge in [0.15, 0.2) is 0 Å². The number of halogens is 1. The number of rotatable bonds is 7. The van der Waals surface area contributed by atoms with Crippen LogP contribution in [0.5, 0.6) is 0 Å². The van der Waals surface area contributed by atoms with Crippen molar-refractivity contribution in [2.75, 3.05) is 35.5 Å². The molecule has 1 heterocycles. The average molecular weight is 422 g/mol. The van der Waals surface area contributed by atoms with E-state index in [-0.39, 0.29) is 10.9 Å². The van der Waals surface area contributed by atoms with Gasteiger partial charge < -0.3 is 10.2 Å². The maximum Gasteiger partial charge on any atom is 0.252 e. The zero-order valence-corrected chi connectivity index (χ0v) is 17.3. The van der Waals surface area contributed by atoms with Crippen LogP contribution in [0.15, 0.2) is 42.5 Å². The van der Waals surface area contributed by atoms with Gasteiger partial charge in [-0.2, -0.15) is 0 Å². The van der Waals surface area contributed by atoms with Crippen LogP contribution in [0.1, 0.15) is 28.8 Å². The van der Waals surface area contributed by atoms with Crippen LogP contribution >= 0.6 is 11.6 Å². The van der Waals surface area contributed by atoms with E-state index in [4.69, 9.17) is 11.6 Å². The summed E-state index contributed by atoms with van der Waals surface area (Å²) in [6, 6.07) is 12.9. The summed E-state index contributed by atoms with van der Waals surface area (Å²) in [4.78, 5) is 14.7. The molecule has 8 heteroatoms. The Balaban J connectivity index is 1.51. The second-order valence-corrected chi connectivity index (χ2v) is 9.05. The Kier molecular flexibility index (Phi) is 6.46. The van der Waals surface area contributed by atoms with Crippen LogP contribution in [0.25, 0.3) is 0 Å². The molecular formula is C20H24ClN3O3S. The predicted molar refractivity (Wildman–Crippen MR) is 114 cm³/mol. The first-order valence-corrected chi connectivity index (χ1v) is 11.5. The molecule has 0 aromatic heterocycles.